The Bertz CT molecular complexity index is 1240. The van der Waals surface area contributed by atoms with Gasteiger partial charge < -0.3 is 14.8 Å². The van der Waals surface area contributed by atoms with E-state index < -0.39 is 13.0 Å². The molecule has 0 radical (unpaired) electrons. The topological polar surface area (TPSA) is 87.1 Å². The first-order valence-corrected chi connectivity index (χ1v) is 13.3. The Kier molecular flexibility index (Phi) is 7.36. The van der Waals surface area contributed by atoms with Gasteiger partial charge in [0.25, 0.3) is 0 Å². The lowest BCUT2D eigenvalue weighted by molar-refractivity contribution is -0.140. The molecule has 2 fully saturated rings. The normalized spacial score (nSPS) is 26.0. The van der Waals surface area contributed by atoms with Gasteiger partial charge in [-0.05, 0) is 79.3 Å². The Hall–Kier alpha value is -3.16. The van der Waals surface area contributed by atoms with Crippen LogP contribution in [0.4, 0.5) is 0 Å². The molecule has 2 amide bonds. The molecule has 0 bridgehead atoms. The largest absolute Gasteiger partial charge is 0.508 e. The second-order valence-electron chi connectivity index (χ2n) is 10.5. The van der Waals surface area contributed by atoms with Crippen molar-refractivity contribution >= 4 is 30.6 Å². The molecule has 4 atom stereocenters. The minimum atomic E-state index is -0.969. The number of hydrogen-bond acceptors (Lipinski definition) is 5. The maximum atomic E-state index is 13.3. The summed E-state index contributed by atoms with van der Waals surface area (Å²) in [7, 11) is -0.969. The van der Waals surface area contributed by atoms with Crippen molar-refractivity contribution in [1.29, 1.82) is 0 Å². The van der Waals surface area contributed by atoms with Crippen molar-refractivity contribution in [2.24, 2.45) is 17.8 Å². The summed E-state index contributed by atoms with van der Waals surface area (Å²) in [4.78, 5) is 27.8. The van der Waals surface area contributed by atoms with Gasteiger partial charge in [-0.15, -0.1) is 0 Å². The van der Waals surface area contributed by atoms with Crippen molar-refractivity contribution in [3.05, 3.63) is 76.9 Å². The van der Waals surface area contributed by atoms with Crippen molar-refractivity contribution in [3.63, 3.8) is 0 Å². The van der Waals surface area contributed by atoms with E-state index in [-0.39, 0.29) is 35.5 Å². The molecule has 0 spiro atoms. The molecule has 0 unspecified atom stereocenters. The number of benzene rings is 2. The fraction of sp³-hybridized carbons (Fsp3) is 0.400. The second kappa shape index (κ2) is 10.7. The monoisotopic (exact) mass is 499 g/mol. The van der Waals surface area contributed by atoms with Crippen LogP contribution in [-0.4, -0.2) is 46.6 Å². The van der Waals surface area contributed by atoms with Crippen LogP contribution >= 0.6 is 0 Å². The number of amides is 2. The van der Waals surface area contributed by atoms with E-state index in [1.54, 1.807) is 12.1 Å². The van der Waals surface area contributed by atoms with Gasteiger partial charge in [-0.3, -0.25) is 14.5 Å². The van der Waals surface area contributed by atoms with Crippen LogP contribution in [0.25, 0.3) is 11.6 Å². The van der Waals surface area contributed by atoms with Gasteiger partial charge in [-0.1, -0.05) is 61.0 Å². The Morgan fingerprint density at radius 1 is 1.11 bits per heavy atom. The third-order valence-electron chi connectivity index (χ3n) is 8.02. The van der Waals surface area contributed by atoms with Gasteiger partial charge >= 0.3 is 7.12 Å². The molecule has 2 aromatic rings. The molecule has 3 aliphatic rings. The highest BCUT2D eigenvalue weighted by atomic mass is 16.5. The Labute approximate surface area is 218 Å². The van der Waals surface area contributed by atoms with Crippen molar-refractivity contribution in [3.8, 4) is 5.75 Å². The SMILES string of the molecule is CCCN1C(=O)[C@@H]2[C@@H](CC(C)=C3[C@@H](CC/C(=C/c4cccc(O)c4)c4ccccc4)OB(O)C[C@@H]32)C1=O. The number of carbonyl (C=O) groups excluding carboxylic acids is 2. The lowest BCUT2D eigenvalue weighted by Crippen LogP contribution is -2.46. The number of allylic oxidation sites excluding steroid dienone is 2. The molecular formula is C30H34BNO5. The zero-order valence-electron chi connectivity index (χ0n) is 21.5. The molecule has 6 nitrogen and oxygen atoms in total. The third-order valence-corrected chi connectivity index (χ3v) is 8.02. The number of phenols is 1. The van der Waals surface area contributed by atoms with Crippen LogP contribution in [0.15, 0.2) is 65.7 Å². The number of fused-ring (bicyclic) bond motifs is 3. The van der Waals surface area contributed by atoms with Gasteiger partial charge in [0.1, 0.15) is 5.75 Å². The first-order valence-electron chi connectivity index (χ1n) is 13.3. The zero-order valence-corrected chi connectivity index (χ0v) is 21.5. The van der Waals surface area contributed by atoms with E-state index in [0.29, 0.717) is 32.1 Å². The summed E-state index contributed by atoms with van der Waals surface area (Å²) in [6, 6.07) is 17.3. The lowest BCUT2D eigenvalue weighted by Gasteiger charge is -2.42. The van der Waals surface area contributed by atoms with E-state index in [0.717, 1.165) is 34.3 Å². The van der Waals surface area contributed by atoms with Crippen molar-refractivity contribution < 1.29 is 24.4 Å². The summed E-state index contributed by atoms with van der Waals surface area (Å²) in [5.74, 6) is -0.852. The summed E-state index contributed by atoms with van der Waals surface area (Å²) in [5, 5.41) is 20.6. The molecule has 37 heavy (non-hydrogen) atoms. The standard InChI is InChI=1S/C30H34BNO5/c1-3-14-32-29(34)24-15-19(2)27-25(28(24)30(32)35)18-31(36)37-26(27)13-12-22(21-9-5-4-6-10-21)16-20-8-7-11-23(33)17-20/h4-11,16-17,24-26,28,33,36H,3,12-15,18H2,1-2H3/b22-16-/t24-,25+,26-,28-/m1/s1. The quantitative estimate of drug-likeness (QED) is 0.244. The van der Waals surface area contributed by atoms with Gasteiger partial charge in [-0.25, -0.2) is 0 Å². The number of aromatic hydroxyl groups is 1. The molecule has 2 saturated heterocycles. The highest BCUT2D eigenvalue weighted by molar-refractivity contribution is 6.43. The van der Waals surface area contributed by atoms with Crippen molar-refractivity contribution in [2.45, 2.75) is 52.0 Å². The van der Waals surface area contributed by atoms with E-state index in [4.69, 9.17) is 4.65 Å². The average molecular weight is 499 g/mol. The molecule has 2 aromatic carbocycles. The van der Waals surface area contributed by atoms with E-state index >= 15 is 0 Å². The van der Waals surface area contributed by atoms with Crippen LogP contribution in [0.2, 0.25) is 6.32 Å². The number of likely N-dealkylation sites (tertiary alicyclic amines) is 1. The van der Waals surface area contributed by atoms with Crippen LogP contribution < -0.4 is 0 Å². The average Bonchev–Trinajstić information content (AvgIpc) is 3.11. The van der Waals surface area contributed by atoms with Crippen LogP contribution in [0, 0.1) is 17.8 Å². The Morgan fingerprint density at radius 3 is 2.62 bits per heavy atom. The lowest BCUT2D eigenvalue weighted by atomic mass is 9.58. The number of phenolic OH excluding ortho intramolecular Hbond substituents is 1. The zero-order chi connectivity index (χ0) is 26.1. The predicted molar refractivity (Wildman–Crippen MR) is 144 cm³/mol. The molecule has 7 heteroatoms. The Balaban J connectivity index is 1.43. The molecule has 2 heterocycles. The minimum absolute atomic E-state index is 0.0619. The molecule has 0 saturated carbocycles. The molecular weight excluding hydrogens is 465 g/mol. The molecule has 192 valence electrons. The van der Waals surface area contributed by atoms with Gasteiger partial charge in [0.2, 0.25) is 11.8 Å². The molecule has 1 aliphatic carbocycles. The van der Waals surface area contributed by atoms with E-state index in [1.165, 1.54) is 4.90 Å². The summed E-state index contributed by atoms with van der Waals surface area (Å²) < 4.78 is 6.09. The summed E-state index contributed by atoms with van der Waals surface area (Å²) >= 11 is 0. The molecule has 2 aliphatic heterocycles. The summed E-state index contributed by atoms with van der Waals surface area (Å²) in [5.41, 5.74) is 5.29. The van der Waals surface area contributed by atoms with Crippen LogP contribution in [-0.2, 0) is 14.2 Å². The molecule has 0 aromatic heterocycles. The van der Waals surface area contributed by atoms with Crippen molar-refractivity contribution in [2.75, 3.05) is 6.54 Å². The highest BCUT2D eigenvalue weighted by Crippen LogP contribution is 2.50. The van der Waals surface area contributed by atoms with Crippen LogP contribution in [0.5, 0.6) is 5.75 Å². The minimum Gasteiger partial charge on any atom is -0.508 e. The molecule has 5 rings (SSSR count). The number of imide groups is 1. The van der Waals surface area contributed by atoms with Gasteiger partial charge in [0, 0.05) is 6.54 Å². The number of nitrogens with zero attached hydrogens (tertiary/aromatic N) is 1. The maximum Gasteiger partial charge on any atom is 0.455 e. The first-order chi connectivity index (χ1) is 17.9. The summed E-state index contributed by atoms with van der Waals surface area (Å²) in [6.45, 7) is 4.47. The number of hydrogen-bond donors (Lipinski definition) is 2. The van der Waals surface area contributed by atoms with Crippen LogP contribution in [0.1, 0.15) is 50.7 Å². The van der Waals surface area contributed by atoms with Gasteiger partial charge in [0.05, 0.1) is 17.9 Å². The predicted octanol–water partition coefficient (Wildman–Crippen LogP) is 4.94. The number of carbonyl (C=O) groups is 2. The van der Waals surface area contributed by atoms with Crippen LogP contribution in [0.3, 0.4) is 0 Å². The highest BCUT2D eigenvalue weighted by Gasteiger charge is 2.56. The first kappa shape index (κ1) is 25.5. The fourth-order valence-electron chi connectivity index (χ4n) is 6.48. The van der Waals surface area contributed by atoms with Crippen molar-refractivity contribution in [1.82, 2.24) is 4.90 Å². The Morgan fingerprint density at radius 2 is 1.89 bits per heavy atom. The fourth-order valence-corrected chi connectivity index (χ4v) is 6.48. The van der Waals surface area contributed by atoms with E-state index in [9.17, 15) is 19.7 Å². The summed E-state index contributed by atoms with van der Waals surface area (Å²) in [6.07, 6.45) is 4.72. The smallest absolute Gasteiger partial charge is 0.455 e. The third kappa shape index (κ3) is 5.03. The van der Waals surface area contributed by atoms with Gasteiger partial charge in [-0.2, -0.15) is 0 Å². The van der Waals surface area contributed by atoms with E-state index in [1.807, 2.05) is 44.2 Å². The van der Waals surface area contributed by atoms with Gasteiger partial charge in [0.15, 0.2) is 0 Å². The maximum absolute atomic E-state index is 13.3. The molecule has 2 N–H and O–H groups in total. The number of rotatable bonds is 7. The second-order valence-corrected chi connectivity index (χ2v) is 10.5. The van der Waals surface area contributed by atoms with E-state index in [2.05, 4.69) is 18.2 Å².